The number of rotatable bonds is 5. The molecule has 10 heteroatoms. The Morgan fingerprint density at radius 1 is 1.17 bits per heavy atom. The van der Waals surface area contributed by atoms with Crippen molar-refractivity contribution in [3.63, 3.8) is 0 Å². The highest BCUT2D eigenvalue weighted by atomic mass is 32.1. The van der Waals surface area contributed by atoms with Crippen LogP contribution in [0.1, 0.15) is 35.0 Å². The maximum atomic E-state index is 13.2. The van der Waals surface area contributed by atoms with Gasteiger partial charge in [-0.15, -0.1) is 11.3 Å². The second-order valence-corrected chi connectivity index (χ2v) is 10.6. The van der Waals surface area contributed by atoms with E-state index in [1.165, 1.54) is 23.6 Å². The minimum atomic E-state index is -0.225. The molecule has 2 fully saturated rings. The van der Waals surface area contributed by atoms with E-state index in [1.54, 1.807) is 12.3 Å². The minimum Gasteiger partial charge on any atom is -0.382 e. The quantitative estimate of drug-likeness (QED) is 0.399. The molecule has 0 radical (unpaired) electrons. The molecule has 1 spiro atoms. The number of thiophene rings is 1. The third-order valence-electron chi connectivity index (χ3n) is 7.18. The molecular weight excluding hydrogens is 474 g/mol. The summed E-state index contributed by atoms with van der Waals surface area (Å²) in [5, 5.41) is 3.04. The summed E-state index contributed by atoms with van der Waals surface area (Å²) in [6.07, 6.45) is 7.37. The van der Waals surface area contributed by atoms with Crippen LogP contribution in [0.3, 0.4) is 0 Å². The zero-order valence-electron chi connectivity index (χ0n) is 19.6. The summed E-state index contributed by atoms with van der Waals surface area (Å²) in [4.78, 5) is 41.7. The molecule has 0 atom stereocenters. The zero-order valence-corrected chi connectivity index (χ0v) is 20.4. The van der Waals surface area contributed by atoms with Crippen LogP contribution in [-0.4, -0.2) is 49.3 Å². The summed E-state index contributed by atoms with van der Waals surface area (Å²) in [6, 6.07) is 11.7. The Labute approximate surface area is 211 Å². The lowest BCUT2D eigenvalue weighted by atomic mass is 9.65. The van der Waals surface area contributed by atoms with E-state index < -0.39 is 0 Å². The summed E-state index contributed by atoms with van der Waals surface area (Å²) >= 11 is 1.33. The van der Waals surface area contributed by atoms with Gasteiger partial charge in [0.15, 0.2) is 0 Å². The fourth-order valence-corrected chi connectivity index (χ4v) is 6.33. The Morgan fingerprint density at radius 2 is 2.00 bits per heavy atom. The van der Waals surface area contributed by atoms with Gasteiger partial charge >= 0.3 is 0 Å². The van der Waals surface area contributed by atoms with Crippen molar-refractivity contribution in [2.45, 2.75) is 25.3 Å². The van der Waals surface area contributed by atoms with E-state index >= 15 is 0 Å². The zero-order chi connectivity index (χ0) is 24.9. The van der Waals surface area contributed by atoms with Crippen LogP contribution < -0.4 is 11.1 Å². The molecule has 36 heavy (non-hydrogen) atoms. The van der Waals surface area contributed by atoms with Crippen molar-refractivity contribution in [2.24, 2.45) is 5.41 Å². The number of amides is 2. The number of carbonyl (C=O) groups is 2. The molecular formula is C26H25N7O2S. The largest absolute Gasteiger partial charge is 0.382 e. The molecule has 6 rings (SSSR count). The van der Waals surface area contributed by atoms with Gasteiger partial charge in [-0.05, 0) is 55.0 Å². The molecule has 4 aromatic rings. The molecule has 2 amide bonds. The number of aromatic nitrogens is 4. The summed E-state index contributed by atoms with van der Waals surface area (Å²) in [5.41, 5.74) is 8.34. The van der Waals surface area contributed by atoms with Crippen molar-refractivity contribution in [1.29, 1.82) is 0 Å². The Kier molecular flexibility index (Phi) is 5.33. The van der Waals surface area contributed by atoms with Gasteiger partial charge < -0.3 is 15.2 Å². The molecule has 0 unspecified atom stereocenters. The van der Waals surface area contributed by atoms with Crippen LogP contribution >= 0.6 is 11.3 Å². The number of para-hydroxylation sites is 2. The molecule has 4 heterocycles. The molecule has 1 aromatic carbocycles. The maximum Gasteiger partial charge on any atom is 0.268 e. The van der Waals surface area contributed by atoms with E-state index in [4.69, 9.17) is 10.7 Å². The first-order valence-electron chi connectivity index (χ1n) is 11.8. The number of hydrogen-bond acceptors (Lipinski definition) is 7. The Balaban J connectivity index is 1.24. The van der Waals surface area contributed by atoms with E-state index in [1.807, 2.05) is 35.2 Å². The number of imidazole rings is 1. The molecule has 3 aromatic heterocycles. The standard InChI is InChI=1S/C26H25N7O2S/c1-2-23(34)32-10-9-26(15-32)11-16(12-26)33-19-6-4-3-5-17(19)30-25(33)31-24(35)21-8-7-20(36-21)18-13-28-14-22(27)29-18/h2-8,13-14,16H,1,9-12,15H2,(H2,27,29)(H,30,31,35)/t16-,26-. The van der Waals surface area contributed by atoms with E-state index in [0.717, 1.165) is 48.3 Å². The number of fused-ring (bicyclic) bond motifs is 1. The minimum absolute atomic E-state index is 0.00385. The first-order chi connectivity index (χ1) is 17.4. The molecule has 1 aliphatic heterocycles. The maximum absolute atomic E-state index is 13.2. The third-order valence-corrected chi connectivity index (χ3v) is 8.29. The highest BCUT2D eigenvalue weighted by Crippen LogP contribution is 2.55. The molecule has 1 aliphatic carbocycles. The van der Waals surface area contributed by atoms with Crippen molar-refractivity contribution in [3.05, 3.63) is 66.3 Å². The summed E-state index contributed by atoms with van der Waals surface area (Å²) in [7, 11) is 0. The van der Waals surface area contributed by atoms with Crippen molar-refractivity contribution in [1.82, 2.24) is 24.4 Å². The van der Waals surface area contributed by atoms with Crippen LogP contribution in [0.4, 0.5) is 11.8 Å². The van der Waals surface area contributed by atoms with Crippen molar-refractivity contribution in [3.8, 4) is 10.6 Å². The number of nitrogen functional groups attached to an aromatic ring is 1. The Hall–Kier alpha value is -4.05. The average Bonchev–Trinajstić information content (AvgIpc) is 3.59. The molecule has 9 nitrogen and oxygen atoms in total. The monoisotopic (exact) mass is 499 g/mol. The lowest BCUT2D eigenvalue weighted by Crippen LogP contribution is -2.42. The molecule has 182 valence electrons. The second-order valence-electron chi connectivity index (χ2n) is 9.52. The molecule has 0 bridgehead atoms. The summed E-state index contributed by atoms with van der Waals surface area (Å²) in [5.74, 6) is 0.642. The number of hydrogen-bond donors (Lipinski definition) is 2. The smallest absolute Gasteiger partial charge is 0.268 e. The van der Waals surface area contributed by atoms with Crippen LogP contribution in [0.5, 0.6) is 0 Å². The highest BCUT2D eigenvalue weighted by Gasteiger charge is 2.50. The lowest BCUT2D eigenvalue weighted by Gasteiger charge is -2.46. The van der Waals surface area contributed by atoms with Crippen molar-refractivity contribution >= 4 is 46.0 Å². The van der Waals surface area contributed by atoms with Gasteiger partial charge in [0.05, 0.1) is 33.2 Å². The van der Waals surface area contributed by atoms with Crippen molar-refractivity contribution in [2.75, 3.05) is 24.1 Å². The van der Waals surface area contributed by atoms with E-state index in [0.29, 0.717) is 22.3 Å². The lowest BCUT2D eigenvalue weighted by molar-refractivity contribution is -0.125. The number of nitrogens with zero attached hydrogens (tertiary/aromatic N) is 5. The highest BCUT2D eigenvalue weighted by molar-refractivity contribution is 7.17. The Morgan fingerprint density at radius 3 is 2.81 bits per heavy atom. The van der Waals surface area contributed by atoms with Crippen LogP contribution in [0, 0.1) is 5.41 Å². The molecule has 1 saturated carbocycles. The van der Waals surface area contributed by atoms with Crippen LogP contribution in [0.15, 0.2) is 61.4 Å². The van der Waals surface area contributed by atoms with E-state index in [-0.39, 0.29) is 23.3 Å². The van der Waals surface area contributed by atoms with Crippen LogP contribution in [0.25, 0.3) is 21.6 Å². The van der Waals surface area contributed by atoms with Crippen LogP contribution in [0.2, 0.25) is 0 Å². The number of nitrogens with one attached hydrogen (secondary N) is 1. The topological polar surface area (TPSA) is 119 Å². The SMILES string of the molecule is C=CC(=O)N1CC[C@]2(C1)C[C@H](n1c(NC(=O)c3ccc(-c4cncc(N)n4)s3)nc3ccccc31)C2. The first-order valence-corrected chi connectivity index (χ1v) is 12.6. The van der Waals surface area contributed by atoms with Gasteiger partial charge in [-0.3, -0.25) is 19.9 Å². The van der Waals surface area contributed by atoms with Crippen LogP contribution in [-0.2, 0) is 4.79 Å². The van der Waals surface area contributed by atoms with Gasteiger partial charge in [0.25, 0.3) is 5.91 Å². The number of nitrogens with two attached hydrogens (primary N) is 1. The predicted molar refractivity (Wildman–Crippen MR) is 140 cm³/mol. The van der Waals surface area contributed by atoms with E-state index in [9.17, 15) is 9.59 Å². The van der Waals surface area contributed by atoms with Gasteiger partial charge in [0.2, 0.25) is 11.9 Å². The Bertz CT molecular complexity index is 1500. The fourth-order valence-electron chi connectivity index (χ4n) is 5.47. The third kappa shape index (κ3) is 3.83. The van der Waals surface area contributed by atoms with Crippen molar-refractivity contribution < 1.29 is 9.59 Å². The fraction of sp³-hybridized carbons (Fsp3) is 0.269. The summed E-state index contributed by atoms with van der Waals surface area (Å²) in [6.45, 7) is 5.14. The first kappa shape index (κ1) is 22.4. The normalized spacial score (nSPS) is 21.0. The molecule has 1 saturated heterocycles. The van der Waals surface area contributed by atoms with Gasteiger partial charge in [0, 0.05) is 19.1 Å². The molecule has 3 N–H and O–H groups in total. The predicted octanol–water partition coefficient (Wildman–Crippen LogP) is 4.13. The van der Waals surface area contributed by atoms with Gasteiger partial charge in [-0.2, -0.15) is 0 Å². The van der Waals surface area contributed by atoms with Gasteiger partial charge in [-0.25, -0.2) is 9.97 Å². The van der Waals surface area contributed by atoms with Gasteiger partial charge in [-0.1, -0.05) is 18.7 Å². The number of benzene rings is 1. The second kappa shape index (κ2) is 8.56. The van der Waals surface area contributed by atoms with Gasteiger partial charge in [0.1, 0.15) is 11.5 Å². The molecule has 2 aliphatic rings. The summed E-state index contributed by atoms with van der Waals surface area (Å²) < 4.78 is 2.15. The number of carbonyl (C=O) groups excluding carboxylic acids is 2. The average molecular weight is 500 g/mol. The van der Waals surface area contributed by atoms with E-state index in [2.05, 4.69) is 26.4 Å². The number of likely N-dealkylation sites (tertiary alicyclic amines) is 1. The number of anilines is 2.